The lowest BCUT2D eigenvalue weighted by atomic mass is 10.1. The highest BCUT2D eigenvalue weighted by Crippen LogP contribution is 2.19. The lowest BCUT2D eigenvalue weighted by molar-refractivity contribution is 0.194. The molecule has 2 aromatic rings. The van der Waals surface area contributed by atoms with E-state index in [1.807, 2.05) is 17.0 Å². The van der Waals surface area contributed by atoms with Crippen molar-refractivity contribution in [2.75, 3.05) is 44.7 Å². The van der Waals surface area contributed by atoms with Crippen LogP contribution >= 0.6 is 0 Å². The predicted octanol–water partition coefficient (Wildman–Crippen LogP) is 1.87. The zero-order chi connectivity index (χ0) is 18.4. The minimum absolute atomic E-state index is 0.0229. The Morgan fingerprint density at radius 1 is 1.19 bits per heavy atom. The van der Waals surface area contributed by atoms with Crippen LogP contribution in [0.3, 0.4) is 0 Å². The Labute approximate surface area is 154 Å². The van der Waals surface area contributed by atoms with Crippen LogP contribution in [0.15, 0.2) is 36.7 Å². The molecule has 0 aliphatic carbocycles. The number of aromatic nitrogens is 2. The number of nitrogens with one attached hydrogen (secondary N) is 1. The van der Waals surface area contributed by atoms with Gasteiger partial charge < -0.3 is 19.9 Å². The molecule has 2 amide bonds. The molecule has 0 spiro atoms. The highest BCUT2D eigenvalue weighted by molar-refractivity contribution is 5.74. The molecule has 0 radical (unpaired) electrons. The average Bonchev–Trinajstić information content (AvgIpc) is 2.69. The van der Waals surface area contributed by atoms with E-state index in [0.717, 1.165) is 36.8 Å². The molecule has 0 saturated carbocycles. The third-order valence-corrected chi connectivity index (χ3v) is 4.51. The molecule has 0 atom stereocenters. The SMILES string of the molecule is COc1ccc(C)cc1CCNC(=O)N1CCN(c2ncccn2)CC1. The van der Waals surface area contributed by atoms with E-state index < -0.39 is 0 Å². The van der Waals surface area contributed by atoms with Gasteiger partial charge in [0.2, 0.25) is 5.95 Å². The minimum Gasteiger partial charge on any atom is -0.496 e. The van der Waals surface area contributed by atoms with Crippen LogP contribution in [0.2, 0.25) is 0 Å². The average molecular weight is 355 g/mol. The lowest BCUT2D eigenvalue weighted by Crippen LogP contribution is -2.52. The zero-order valence-corrected chi connectivity index (χ0v) is 15.3. The van der Waals surface area contributed by atoms with E-state index in [0.29, 0.717) is 19.6 Å². The Kier molecular flexibility index (Phi) is 5.88. The second-order valence-corrected chi connectivity index (χ2v) is 6.32. The molecular formula is C19H25N5O2. The van der Waals surface area contributed by atoms with E-state index in [4.69, 9.17) is 4.74 Å². The normalized spacial score (nSPS) is 14.2. The molecule has 138 valence electrons. The van der Waals surface area contributed by atoms with Gasteiger partial charge in [-0.05, 0) is 31.0 Å². The van der Waals surface area contributed by atoms with Crippen molar-refractivity contribution in [1.29, 1.82) is 0 Å². The van der Waals surface area contributed by atoms with Gasteiger partial charge in [-0.15, -0.1) is 0 Å². The van der Waals surface area contributed by atoms with Crippen molar-refractivity contribution in [1.82, 2.24) is 20.2 Å². The highest BCUT2D eigenvalue weighted by Gasteiger charge is 2.22. The van der Waals surface area contributed by atoms with Crippen molar-refractivity contribution >= 4 is 12.0 Å². The fourth-order valence-corrected chi connectivity index (χ4v) is 3.08. The summed E-state index contributed by atoms with van der Waals surface area (Å²) in [5, 5.41) is 3.01. The van der Waals surface area contributed by atoms with Crippen LogP contribution in [0.1, 0.15) is 11.1 Å². The smallest absolute Gasteiger partial charge is 0.317 e. The van der Waals surface area contributed by atoms with Crippen LogP contribution < -0.4 is 15.0 Å². The number of benzene rings is 1. The summed E-state index contributed by atoms with van der Waals surface area (Å²) in [6.07, 6.45) is 4.22. The van der Waals surface area contributed by atoms with E-state index in [-0.39, 0.29) is 6.03 Å². The molecule has 7 heteroatoms. The summed E-state index contributed by atoms with van der Waals surface area (Å²) in [5.41, 5.74) is 2.30. The minimum atomic E-state index is -0.0229. The number of urea groups is 1. The number of hydrogen-bond donors (Lipinski definition) is 1. The third kappa shape index (κ3) is 4.41. The van der Waals surface area contributed by atoms with E-state index in [1.54, 1.807) is 25.6 Å². The first-order valence-electron chi connectivity index (χ1n) is 8.85. The predicted molar refractivity (Wildman–Crippen MR) is 101 cm³/mol. The number of carbonyl (C=O) groups excluding carboxylic acids is 1. The fraction of sp³-hybridized carbons (Fsp3) is 0.421. The van der Waals surface area contributed by atoms with Crippen LogP contribution in [0.25, 0.3) is 0 Å². The summed E-state index contributed by atoms with van der Waals surface area (Å²) in [7, 11) is 1.67. The first kappa shape index (κ1) is 18.0. The van der Waals surface area contributed by atoms with E-state index >= 15 is 0 Å². The maximum Gasteiger partial charge on any atom is 0.317 e. The van der Waals surface area contributed by atoms with Crippen molar-refractivity contribution in [3.63, 3.8) is 0 Å². The van der Waals surface area contributed by atoms with Crippen molar-refractivity contribution < 1.29 is 9.53 Å². The number of methoxy groups -OCH3 is 1. The number of anilines is 1. The molecule has 3 rings (SSSR count). The topological polar surface area (TPSA) is 70.6 Å². The molecule has 0 unspecified atom stereocenters. The first-order valence-corrected chi connectivity index (χ1v) is 8.85. The molecule has 0 bridgehead atoms. The molecule has 1 aromatic carbocycles. The fourth-order valence-electron chi connectivity index (χ4n) is 3.08. The number of hydrogen-bond acceptors (Lipinski definition) is 5. The van der Waals surface area contributed by atoms with Crippen molar-refractivity contribution in [2.24, 2.45) is 0 Å². The molecule has 26 heavy (non-hydrogen) atoms. The second kappa shape index (κ2) is 8.51. The Morgan fingerprint density at radius 3 is 2.62 bits per heavy atom. The number of nitrogens with zero attached hydrogens (tertiary/aromatic N) is 4. The molecule has 1 saturated heterocycles. The van der Waals surface area contributed by atoms with Gasteiger partial charge in [-0.1, -0.05) is 17.7 Å². The van der Waals surface area contributed by atoms with E-state index in [1.165, 1.54) is 5.56 Å². The summed E-state index contributed by atoms with van der Waals surface area (Å²) < 4.78 is 5.39. The molecule has 1 N–H and O–H groups in total. The van der Waals surface area contributed by atoms with Crippen molar-refractivity contribution in [3.05, 3.63) is 47.8 Å². The van der Waals surface area contributed by atoms with Crippen LogP contribution in [0.5, 0.6) is 5.75 Å². The van der Waals surface area contributed by atoms with Gasteiger partial charge in [0.15, 0.2) is 0 Å². The zero-order valence-electron chi connectivity index (χ0n) is 15.3. The number of rotatable bonds is 5. The Morgan fingerprint density at radius 2 is 1.92 bits per heavy atom. The summed E-state index contributed by atoms with van der Waals surface area (Å²) in [6.45, 7) is 5.44. The standard InChI is InChI=1S/C19H25N5O2/c1-15-4-5-17(26-2)16(14-15)6-9-22-19(25)24-12-10-23(11-13-24)18-20-7-3-8-21-18/h3-5,7-8,14H,6,9-13H2,1-2H3,(H,22,25). The highest BCUT2D eigenvalue weighted by atomic mass is 16.5. The maximum absolute atomic E-state index is 12.4. The van der Waals surface area contributed by atoms with Gasteiger partial charge in [0.1, 0.15) is 5.75 Å². The van der Waals surface area contributed by atoms with Crippen LogP contribution in [-0.4, -0.2) is 60.7 Å². The molecule has 2 heterocycles. The Bertz CT molecular complexity index is 730. The summed E-state index contributed by atoms with van der Waals surface area (Å²) in [4.78, 5) is 24.9. The van der Waals surface area contributed by atoms with Gasteiger partial charge in [0.25, 0.3) is 0 Å². The van der Waals surface area contributed by atoms with Gasteiger partial charge in [-0.2, -0.15) is 0 Å². The summed E-state index contributed by atoms with van der Waals surface area (Å²) in [6, 6.07) is 7.87. The number of amides is 2. The molecule has 1 aliphatic heterocycles. The quantitative estimate of drug-likeness (QED) is 0.887. The van der Waals surface area contributed by atoms with Crippen LogP contribution in [0.4, 0.5) is 10.7 Å². The number of ether oxygens (including phenoxy) is 1. The molecule has 1 aliphatic rings. The van der Waals surface area contributed by atoms with Gasteiger partial charge in [0.05, 0.1) is 7.11 Å². The third-order valence-electron chi connectivity index (χ3n) is 4.51. The van der Waals surface area contributed by atoms with Gasteiger partial charge in [-0.25, -0.2) is 14.8 Å². The molecule has 1 aromatic heterocycles. The monoisotopic (exact) mass is 355 g/mol. The summed E-state index contributed by atoms with van der Waals surface area (Å²) in [5.74, 6) is 1.58. The second-order valence-electron chi connectivity index (χ2n) is 6.32. The number of aryl methyl sites for hydroxylation is 1. The van der Waals surface area contributed by atoms with Crippen molar-refractivity contribution in [2.45, 2.75) is 13.3 Å². The van der Waals surface area contributed by atoms with Gasteiger partial charge in [-0.3, -0.25) is 0 Å². The number of piperazine rings is 1. The lowest BCUT2D eigenvalue weighted by Gasteiger charge is -2.34. The first-order chi connectivity index (χ1) is 12.7. The number of carbonyl (C=O) groups is 1. The van der Waals surface area contributed by atoms with Gasteiger partial charge in [0, 0.05) is 45.1 Å². The largest absolute Gasteiger partial charge is 0.496 e. The van der Waals surface area contributed by atoms with E-state index in [2.05, 4.69) is 33.2 Å². The Balaban J connectivity index is 1.46. The van der Waals surface area contributed by atoms with Crippen LogP contribution in [0, 0.1) is 6.92 Å². The van der Waals surface area contributed by atoms with Crippen LogP contribution in [-0.2, 0) is 6.42 Å². The summed E-state index contributed by atoms with van der Waals surface area (Å²) >= 11 is 0. The van der Waals surface area contributed by atoms with Gasteiger partial charge >= 0.3 is 6.03 Å². The molecular weight excluding hydrogens is 330 g/mol. The molecule has 1 fully saturated rings. The maximum atomic E-state index is 12.4. The molecule has 7 nitrogen and oxygen atoms in total. The van der Waals surface area contributed by atoms with E-state index in [9.17, 15) is 4.79 Å². The Hall–Kier alpha value is -2.83. The van der Waals surface area contributed by atoms with Crippen molar-refractivity contribution in [3.8, 4) is 5.75 Å².